The number of likely N-dealkylation sites (N-methyl/N-ethyl adjacent to an activating group) is 1. The lowest BCUT2D eigenvalue weighted by atomic mass is 9.87. The van der Waals surface area contributed by atoms with Gasteiger partial charge in [0.1, 0.15) is 17.5 Å². The van der Waals surface area contributed by atoms with Gasteiger partial charge in [-0.3, -0.25) is 0 Å². The van der Waals surface area contributed by atoms with Crippen molar-refractivity contribution >= 4 is 11.5 Å². The van der Waals surface area contributed by atoms with Gasteiger partial charge in [-0.1, -0.05) is 99.3 Å². The maximum Gasteiger partial charge on any atom is 0.142 e. The van der Waals surface area contributed by atoms with E-state index in [9.17, 15) is 4.39 Å². The van der Waals surface area contributed by atoms with Crippen LogP contribution in [0.3, 0.4) is 0 Å². The van der Waals surface area contributed by atoms with Crippen LogP contribution in [0.5, 0.6) is 0 Å². The van der Waals surface area contributed by atoms with Crippen LogP contribution >= 0.6 is 0 Å². The predicted molar refractivity (Wildman–Crippen MR) is 178 cm³/mol. The summed E-state index contributed by atoms with van der Waals surface area (Å²) in [6.45, 7) is 34.9. The smallest absolute Gasteiger partial charge is 0.142 e. The minimum absolute atomic E-state index is 0.0708. The van der Waals surface area contributed by atoms with Gasteiger partial charge in [0.25, 0.3) is 0 Å². The minimum Gasteiger partial charge on any atom is -0.341 e. The summed E-state index contributed by atoms with van der Waals surface area (Å²) >= 11 is 0. The van der Waals surface area contributed by atoms with Crippen LogP contribution in [0.1, 0.15) is 93.7 Å². The van der Waals surface area contributed by atoms with Gasteiger partial charge in [-0.05, 0) is 85.9 Å². The fraction of sp³-hybridized carbons (Fsp3) is 0.472. The first-order valence-electron chi connectivity index (χ1n) is 14.5. The Morgan fingerprint density at radius 1 is 1.05 bits per heavy atom. The van der Waals surface area contributed by atoms with E-state index >= 15 is 0 Å². The van der Waals surface area contributed by atoms with Gasteiger partial charge < -0.3 is 10.2 Å². The molecule has 0 fully saturated rings. The number of hydrogen-bond donors (Lipinski definition) is 1. The molecule has 1 N–H and O–H groups in total. The molecule has 0 aliphatic heterocycles. The van der Waals surface area contributed by atoms with E-state index in [1.165, 1.54) is 17.2 Å². The van der Waals surface area contributed by atoms with E-state index in [0.29, 0.717) is 17.4 Å². The Morgan fingerprint density at radius 3 is 2.05 bits per heavy atom. The first-order chi connectivity index (χ1) is 18.5. The molecule has 0 spiro atoms. The summed E-state index contributed by atoms with van der Waals surface area (Å²) in [7, 11) is 1.87. The zero-order valence-electron chi connectivity index (χ0n) is 27.6. The summed E-state index contributed by atoms with van der Waals surface area (Å²) in [5.41, 5.74) is 7.02. The number of amidine groups is 1. The third kappa shape index (κ3) is 13.3. The molecule has 0 radical (unpaired) electrons. The van der Waals surface area contributed by atoms with Gasteiger partial charge in [0.2, 0.25) is 0 Å². The molecular weight excluding hydrogens is 493 g/mol. The highest BCUT2D eigenvalue weighted by Crippen LogP contribution is 2.28. The Bertz CT molecular complexity index is 1130. The Kier molecular flexibility index (Phi) is 16.2. The fourth-order valence-electron chi connectivity index (χ4n) is 3.71. The van der Waals surface area contributed by atoms with E-state index in [-0.39, 0.29) is 5.41 Å². The molecule has 0 aliphatic carbocycles. The van der Waals surface area contributed by atoms with Gasteiger partial charge in [-0.15, -0.1) is 0 Å². The number of rotatable bonds is 11. The predicted octanol–water partition coefficient (Wildman–Crippen LogP) is 11.0. The summed E-state index contributed by atoms with van der Waals surface area (Å²) in [6.07, 6.45) is 8.48. The molecule has 4 heteroatoms. The van der Waals surface area contributed by atoms with Gasteiger partial charge in [-0.25, -0.2) is 9.38 Å². The van der Waals surface area contributed by atoms with Gasteiger partial charge >= 0.3 is 0 Å². The highest BCUT2D eigenvalue weighted by molar-refractivity contribution is 6.03. The van der Waals surface area contributed by atoms with Crippen molar-refractivity contribution in [3.05, 3.63) is 101 Å². The lowest BCUT2D eigenvalue weighted by Gasteiger charge is -2.27. The Labute approximate surface area is 246 Å². The lowest BCUT2D eigenvalue weighted by molar-refractivity contribution is 0.500. The Balaban J connectivity index is 0.00000354. The molecule has 1 rings (SSSR count). The molecule has 1 aromatic rings. The highest BCUT2D eigenvalue weighted by Gasteiger charge is 2.19. The van der Waals surface area contributed by atoms with Crippen molar-refractivity contribution in [3.63, 3.8) is 0 Å². The first kappa shape index (κ1) is 36.9. The van der Waals surface area contributed by atoms with Crippen molar-refractivity contribution in [2.45, 2.75) is 95.4 Å². The molecule has 0 atom stereocenters. The summed E-state index contributed by atoms with van der Waals surface area (Å²) in [5.74, 6) is 1.41. The van der Waals surface area contributed by atoms with Crippen LogP contribution in [0.15, 0.2) is 95.2 Å². The number of anilines is 1. The summed E-state index contributed by atoms with van der Waals surface area (Å²) < 4.78 is 14.0. The molecule has 0 aromatic heterocycles. The molecule has 0 saturated heterocycles. The molecule has 40 heavy (non-hydrogen) atoms. The monoisotopic (exact) mass is 549 g/mol. The van der Waals surface area contributed by atoms with E-state index in [4.69, 9.17) is 4.99 Å². The van der Waals surface area contributed by atoms with Crippen LogP contribution in [0.25, 0.3) is 0 Å². The third-order valence-corrected chi connectivity index (χ3v) is 6.18. The maximum atomic E-state index is 14.0. The van der Waals surface area contributed by atoms with E-state index in [2.05, 4.69) is 98.6 Å². The lowest BCUT2D eigenvalue weighted by Crippen LogP contribution is -2.29. The van der Waals surface area contributed by atoms with Crippen molar-refractivity contribution < 1.29 is 4.39 Å². The van der Waals surface area contributed by atoms with E-state index in [1.807, 2.05) is 44.9 Å². The van der Waals surface area contributed by atoms with Crippen LogP contribution < -0.4 is 5.32 Å². The average molecular weight is 550 g/mol. The number of nitrogens with zero attached hydrogens (tertiary/aromatic N) is 2. The number of hydrogen-bond acceptors (Lipinski definition) is 2. The summed E-state index contributed by atoms with van der Waals surface area (Å²) in [4.78, 5) is 6.73. The molecule has 0 aliphatic rings. The standard InChI is InChI=1S/C32H46FN3.C4H10/c1-13-16-27-21-28(18-17-26(27)14-2)34-25(8)35-31(30(15-3)22(4)5)36(12)29(20-24(7)33)19-23(6)32(9,10)11;1-4(2)3/h15,17-21,34H,4,7-8,13-14,16H2,1-3,5-6,9-12H3;4H,1-3H3/b23-19+,29-20+,30-15-,35-31+;. The number of allylic oxidation sites excluding steroid dienone is 5. The fourth-order valence-corrected chi connectivity index (χ4v) is 3.71. The van der Waals surface area contributed by atoms with Crippen LogP contribution in [0.2, 0.25) is 0 Å². The molecule has 0 unspecified atom stereocenters. The topological polar surface area (TPSA) is 27.6 Å². The quantitative estimate of drug-likeness (QED) is 0.169. The van der Waals surface area contributed by atoms with Crippen molar-refractivity contribution in [2.24, 2.45) is 16.3 Å². The molecule has 0 heterocycles. The first-order valence-corrected chi connectivity index (χ1v) is 14.5. The van der Waals surface area contributed by atoms with Gasteiger partial charge in [0.05, 0.1) is 0 Å². The zero-order chi connectivity index (χ0) is 31.2. The van der Waals surface area contributed by atoms with Crippen LogP contribution in [0, 0.1) is 11.3 Å². The highest BCUT2D eigenvalue weighted by atomic mass is 19.1. The molecule has 0 bridgehead atoms. The van der Waals surface area contributed by atoms with Crippen molar-refractivity contribution in [1.82, 2.24) is 4.90 Å². The second kappa shape index (κ2) is 17.5. The maximum absolute atomic E-state index is 14.0. The number of nitrogens with one attached hydrogen (secondary N) is 1. The molecule has 222 valence electrons. The van der Waals surface area contributed by atoms with Crippen LogP contribution in [0.4, 0.5) is 10.1 Å². The summed E-state index contributed by atoms with van der Waals surface area (Å²) in [6, 6.07) is 6.40. The number of aliphatic imine (C=N–C) groups is 1. The molecule has 0 amide bonds. The second-order valence-corrected chi connectivity index (χ2v) is 12.0. The van der Waals surface area contributed by atoms with E-state index in [1.54, 1.807) is 0 Å². The molecule has 1 aromatic carbocycles. The Morgan fingerprint density at radius 2 is 1.62 bits per heavy atom. The number of halogens is 1. The second-order valence-electron chi connectivity index (χ2n) is 12.0. The van der Waals surface area contributed by atoms with Gasteiger partial charge in [0.15, 0.2) is 0 Å². The largest absolute Gasteiger partial charge is 0.341 e. The van der Waals surface area contributed by atoms with E-state index in [0.717, 1.165) is 47.6 Å². The van der Waals surface area contributed by atoms with Crippen molar-refractivity contribution in [3.8, 4) is 0 Å². The van der Waals surface area contributed by atoms with Crippen LogP contribution in [-0.2, 0) is 12.8 Å². The normalized spacial score (nSPS) is 13.1. The minimum atomic E-state index is -0.525. The van der Waals surface area contributed by atoms with Gasteiger partial charge in [0, 0.05) is 24.0 Å². The summed E-state index contributed by atoms with van der Waals surface area (Å²) in [5, 5.41) is 3.35. The molecule has 3 nitrogen and oxygen atoms in total. The third-order valence-electron chi connectivity index (χ3n) is 6.18. The van der Waals surface area contributed by atoms with E-state index < -0.39 is 5.83 Å². The van der Waals surface area contributed by atoms with Crippen molar-refractivity contribution in [1.29, 1.82) is 0 Å². The Hall–Kier alpha value is -3.14. The van der Waals surface area contributed by atoms with Gasteiger partial charge in [-0.2, -0.15) is 0 Å². The number of benzene rings is 1. The van der Waals surface area contributed by atoms with Crippen LogP contribution in [-0.4, -0.2) is 17.8 Å². The number of aryl methyl sites for hydroxylation is 2. The molecule has 0 saturated carbocycles. The van der Waals surface area contributed by atoms with Crippen molar-refractivity contribution in [2.75, 3.05) is 12.4 Å². The average Bonchev–Trinajstić information content (AvgIpc) is 2.82. The SMILES string of the molecule is C=C(F)/C=C(\C=C(/C)C(C)(C)C)N(C)C(=N/C(=C)Nc1ccc(CC)c(CCC)c1)/C(=C\C)C(=C)C.CC(C)C. The molecular formula is C36H56FN3. The zero-order valence-corrected chi connectivity index (χ0v) is 27.6.